The van der Waals surface area contributed by atoms with Gasteiger partial charge >= 0.3 is 0 Å². The third-order valence-electron chi connectivity index (χ3n) is 3.82. The van der Waals surface area contributed by atoms with Crippen molar-refractivity contribution in [2.24, 2.45) is 11.1 Å². The van der Waals surface area contributed by atoms with Crippen LogP contribution >= 0.6 is 0 Å². The van der Waals surface area contributed by atoms with Crippen LogP contribution in [0.15, 0.2) is 0 Å². The van der Waals surface area contributed by atoms with E-state index in [-0.39, 0.29) is 23.0 Å². The lowest BCUT2D eigenvalue weighted by atomic mass is 9.80. The number of rotatable bonds is 5. The maximum atomic E-state index is 11.8. The van der Waals surface area contributed by atoms with Gasteiger partial charge in [-0.05, 0) is 24.7 Å². The third kappa shape index (κ3) is 3.96. The molecule has 4 nitrogen and oxygen atoms in total. The highest BCUT2D eigenvalue weighted by Crippen LogP contribution is 2.34. The molecule has 1 amide bonds. The minimum absolute atomic E-state index is 0.0238. The minimum Gasteiger partial charge on any atom is -0.376 e. The van der Waals surface area contributed by atoms with Crippen molar-refractivity contribution in [3.63, 3.8) is 0 Å². The molecular weight excluding hydrogens is 216 g/mol. The van der Waals surface area contributed by atoms with Crippen LogP contribution in [0.4, 0.5) is 0 Å². The van der Waals surface area contributed by atoms with Gasteiger partial charge in [0.05, 0.1) is 5.60 Å². The van der Waals surface area contributed by atoms with E-state index in [9.17, 15) is 4.79 Å². The fourth-order valence-electron chi connectivity index (χ4n) is 1.86. The second kappa shape index (κ2) is 5.36. The van der Waals surface area contributed by atoms with Crippen LogP contribution in [-0.4, -0.2) is 31.2 Å². The Balaban J connectivity index is 2.30. The summed E-state index contributed by atoms with van der Waals surface area (Å²) in [5, 5.41) is 2.94. The molecule has 100 valence electrons. The summed E-state index contributed by atoms with van der Waals surface area (Å²) in [5.41, 5.74) is 5.83. The van der Waals surface area contributed by atoms with Crippen LogP contribution in [-0.2, 0) is 9.53 Å². The molecule has 1 fully saturated rings. The van der Waals surface area contributed by atoms with Gasteiger partial charge in [-0.3, -0.25) is 4.79 Å². The fourth-order valence-corrected chi connectivity index (χ4v) is 1.86. The van der Waals surface area contributed by atoms with Crippen LogP contribution in [0.3, 0.4) is 0 Å². The lowest BCUT2D eigenvalue weighted by molar-refractivity contribution is -0.125. The molecule has 0 aromatic carbocycles. The van der Waals surface area contributed by atoms with Crippen LogP contribution < -0.4 is 11.1 Å². The molecule has 0 saturated heterocycles. The number of nitrogens with one attached hydrogen (secondary N) is 1. The lowest BCUT2D eigenvalue weighted by Crippen LogP contribution is -2.50. The van der Waals surface area contributed by atoms with Gasteiger partial charge in [-0.25, -0.2) is 0 Å². The average molecular weight is 242 g/mol. The number of carbonyl (C=O) groups excluding carboxylic acids is 1. The predicted octanol–water partition coefficient (Wildman–Crippen LogP) is 1.44. The second-order valence-corrected chi connectivity index (χ2v) is 6.19. The zero-order valence-corrected chi connectivity index (χ0v) is 11.5. The number of ether oxygens (including phenoxy) is 1. The Kier molecular flexibility index (Phi) is 4.55. The standard InChI is InChI=1S/C13H26N2O2/c1-12(2,3)10(14)8-11(16)15-9-13(17-4)6-5-7-13/h10H,5-9,14H2,1-4H3,(H,15,16). The highest BCUT2D eigenvalue weighted by molar-refractivity contribution is 5.76. The summed E-state index contributed by atoms with van der Waals surface area (Å²) in [6, 6.07) is -0.109. The molecule has 0 aliphatic heterocycles. The smallest absolute Gasteiger partial charge is 0.221 e. The van der Waals surface area contributed by atoms with Crippen LogP contribution in [0.2, 0.25) is 0 Å². The fraction of sp³-hybridized carbons (Fsp3) is 0.923. The first-order chi connectivity index (χ1) is 7.79. The van der Waals surface area contributed by atoms with Gasteiger partial charge < -0.3 is 15.8 Å². The van der Waals surface area contributed by atoms with Crippen molar-refractivity contribution in [1.29, 1.82) is 0 Å². The molecular formula is C13H26N2O2. The summed E-state index contributed by atoms with van der Waals surface area (Å²) in [7, 11) is 1.71. The van der Waals surface area contributed by atoms with E-state index >= 15 is 0 Å². The van der Waals surface area contributed by atoms with E-state index in [0.717, 1.165) is 12.8 Å². The summed E-state index contributed by atoms with van der Waals surface area (Å²) >= 11 is 0. The highest BCUT2D eigenvalue weighted by Gasteiger charge is 2.37. The van der Waals surface area contributed by atoms with Crippen LogP contribution in [0.25, 0.3) is 0 Å². The van der Waals surface area contributed by atoms with Gasteiger partial charge in [-0.2, -0.15) is 0 Å². The van der Waals surface area contributed by atoms with Crippen LogP contribution in [0, 0.1) is 5.41 Å². The number of amides is 1. The van der Waals surface area contributed by atoms with E-state index in [2.05, 4.69) is 5.32 Å². The van der Waals surface area contributed by atoms with Crippen molar-refractivity contribution < 1.29 is 9.53 Å². The zero-order chi connectivity index (χ0) is 13.1. The number of hydrogen-bond acceptors (Lipinski definition) is 3. The van der Waals surface area contributed by atoms with Gasteiger partial charge in [0.15, 0.2) is 0 Å². The average Bonchev–Trinajstić information content (AvgIpc) is 2.15. The molecule has 4 heteroatoms. The Morgan fingerprint density at radius 1 is 1.47 bits per heavy atom. The Labute approximate surface area is 104 Å². The normalized spacial score (nSPS) is 20.5. The van der Waals surface area contributed by atoms with Gasteiger partial charge in [0, 0.05) is 26.1 Å². The minimum atomic E-state index is -0.110. The van der Waals surface area contributed by atoms with E-state index in [4.69, 9.17) is 10.5 Å². The Bertz CT molecular complexity index is 262. The zero-order valence-electron chi connectivity index (χ0n) is 11.5. The Morgan fingerprint density at radius 2 is 2.06 bits per heavy atom. The number of nitrogens with two attached hydrogens (primary N) is 1. The number of carbonyl (C=O) groups is 1. The topological polar surface area (TPSA) is 64.3 Å². The maximum absolute atomic E-state index is 11.8. The molecule has 0 aromatic heterocycles. The molecule has 0 aromatic rings. The van der Waals surface area contributed by atoms with E-state index in [1.165, 1.54) is 6.42 Å². The first-order valence-electron chi connectivity index (χ1n) is 6.36. The molecule has 0 radical (unpaired) electrons. The first-order valence-corrected chi connectivity index (χ1v) is 6.36. The van der Waals surface area contributed by atoms with Crippen molar-refractivity contribution in [1.82, 2.24) is 5.32 Å². The van der Waals surface area contributed by atoms with Gasteiger partial charge in [-0.15, -0.1) is 0 Å². The molecule has 1 atom stereocenters. The summed E-state index contributed by atoms with van der Waals surface area (Å²) in [6.45, 7) is 6.76. The highest BCUT2D eigenvalue weighted by atomic mass is 16.5. The molecule has 1 saturated carbocycles. The SMILES string of the molecule is COC1(CNC(=O)CC(N)C(C)(C)C)CCC1. The molecule has 17 heavy (non-hydrogen) atoms. The van der Waals surface area contributed by atoms with Gasteiger partial charge in [0.25, 0.3) is 0 Å². The molecule has 1 aliphatic carbocycles. The Morgan fingerprint density at radius 3 is 2.41 bits per heavy atom. The quantitative estimate of drug-likeness (QED) is 0.766. The third-order valence-corrected chi connectivity index (χ3v) is 3.82. The van der Waals surface area contributed by atoms with Crippen LogP contribution in [0.5, 0.6) is 0 Å². The molecule has 0 heterocycles. The molecule has 0 spiro atoms. The largest absolute Gasteiger partial charge is 0.376 e. The van der Waals surface area contributed by atoms with Crippen molar-refractivity contribution in [3.8, 4) is 0 Å². The van der Waals surface area contributed by atoms with Crippen molar-refractivity contribution >= 4 is 5.91 Å². The van der Waals surface area contributed by atoms with E-state index in [0.29, 0.717) is 13.0 Å². The molecule has 1 unspecified atom stereocenters. The molecule has 3 N–H and O–H groups in total. The molecule has 1 rings (SSSR count). The van der Waals surface area contributed by atoms with Crippen molar-refractivity contribution in [2.75, 3.05) is 13.7 Å². The summed E-state index contributed by atoms with van der Waals surface area (Å²) < 4.78 is 5.45. The number of methoxy groups -OCH3 is 1. The van der Waals surface area contributed by atoms with Crippen molar-refractivity contribution in [3.05, 3.63) is 0 Å². The predicted molar refractivity (Wildman–Crippen MR) is 68.6 cm³/mol. The van der Waals surface area contributed by atoms with E-state index in [1.54, 1.807) is 7.11 Å². The monoisotopic (exact) mass is 242 g/mol. The number of hydrogen-bond donors (Lipinski definition) is 2. The maximum Gasteiger partial charge on any atom is 0.221 e. The van der Waals surface area contributed by atoms with Gasteiger partial charge in [0.2, 0.25) is 5.91 Å². The van der Waals surface area contributed by atoms with Crippen molar-refractivity contribution in [2.45, 2.75) is 58.1 Å². The first kappa shape index (κ1) is 14.5. The van der Waals surface area contributed by atoms with E-state index < -0.39 is 0 Å². The molecule has 0 bridgehead atoms. The molecule has 1 aliphatic rings. The summed E-state index contributed by atoms with van der Waals surface area (Å²) in [6.07, 6.45) is 3.64. The van der Waals surface area contributed by atoms with Gasteiger partial charge in [-0.1, -0.05) is 20.8 Å². The summed E-state index contributed by atoms with van der Waals surface area (Å²) in [5.74, 6) is 0.0238. The second-order valence-electron chi connectivity index (χ2n) is 6.19. The van der Waals surface area contributed by atoms with E-state index in [1.807, 2.05) is 20.8 Å². The lowest BCUT2D eigenvalue weighted by Gasteiger charge is -2.40. The van der Waals surface area contributed by atoms with Gasteiger partial charge in [0.1, 0.15) is 0 Å². The summed E-state index contributed by atoms with van der Waals surface area (Å²) in [4.78, 5) is 11.8. The Hall–Kier alpha value is -0.610. The van der Waals surface area contributed by atoms with Crippen LogP contribution in [0.1, 0.15) is 46.5 Å².